The van der Waals surface area contributed by atoms with Crippen molar-refractivity contribution in [3.63, 3.8) is 0 Å². The summed E-state index contributed by atoms with van der Waals surface area (Å²) >= 11 is 5.08. The average molecular weight is 371 g/mol. The third-order valence-corrected chi connectivity index (χ3v) is 4.79. The molecule has 3 nitrogen and oxygen atoms in total. The highest BCUT2D eigenvalue weighted by Gasteiger charge is 2.18. The topological polar surface area (TPSA) is 32.3 Å². The van der Waals surface area contributed by atoms with E-state index in [1.807, 2.05) is 31.0 Å². The van der Waals surface area contributed by atoms with Gasteiger partial charge < -0.3 is 5.32 Å². The van der Waals surface area contributed by atoms with Gasteiger partial charge in [-0.2, -0.15) is 0 Å². The molecule has 0 radical (unpaired) electrons. The maximum atomic E-state index is 12.8. The van der Waals surface area contributed by atoms with Gasteiger partial charge in [-0.3, -0.25) is 9.69 Å². The number of carbonyl (C=O) groups is 1. The number of carbonyl (C=O) groups excluding carboxylic acids is 1. The quantitative estimate of drug-likeness (QED) is 0.858. The van der Waals surface area contributed by atoms with E-state index in [0.717, 1.165) is 3.79 Å². The van der Waals surface area contributed by atoms with Gasteiger partial charge in [0.05, 0.1) is 9.83 Å². The fraction of sp³-hybridized carbons (Fsp3) is 0.267. The summed E-state index contributed by atoms with van der Waals surface area (Å²) in [6.07, 6.45) is 0. The zero-order valence-corrected chi connectivity index (χ0v) is 14.2. The van der Waals surface area contributed by atoms with Crippen molar-refractivity contribution in [3.8, 4) is 0 Å². The van der Waals surface area contributed by atoms with Crippen LogP contribution in [0.15, 0.2) is 40.2 Å². The minimum atomic E-state index is -0.318. The fourth-order valence-corrected chi connectivity index (χ4v) is 3.35. The smallest absolute Gasteiger partial charge is 0.241 e. The number of benzene rings is 1. The van der Waals surface area contributed by atoms with Gasteiger partial charge in [-0.05, 0) is 66.3 Å². The van der Waals surface area contributed by atoms with E-state index in [-0.39, 0.29) is 17.8 Å². The van der Waals surface area contributed by atoms with Crippen molar-refractivity contribution in [2.24, 2.45) is 0 Å². The minimum Gasteiger partial charge on any atom is -0.325 e. The van der Waals surface area contributed by atoms with Crippen molar-refractivity contribution < 1.29 is 9.18 Å². The molecule has 0 saturated carbocycles. The number of anilines is 1. The minimum absolute atomic E-state index is 0.111. The number of likely N-dealkylation sites (N-methyl/N-ethyl adjacent to an activating group) is 1. The molecule has 0 aliphatic rings. The zero-order valence-electron chi connectivity index (χ0n) is 11.8. The lowest BCUT2D eigenvalue weighted by molar-refractivity contribution is -0.120. The Morgan fingerprint density at radius 1 is 1.33 bits per heavy atom. The number of halogens is 2. The lowest BCUT2D eigenvalue weighted by Gasteiger charge is -2.23. The predicted octanol–water partition coefficient (Wildman–Crippen LogP) is 4.11. The molecule has 6 heteroatoms. The first-order valence-corrected chi connectivity index (χ1v) is 8.07. The number of hydrogen-bond acceptors (Lipinski definition) is 3. The summed E-state index contributed by atoms with van der Waals surface area (Å²) in [7, 11) is 1.91. The van der Waals surface area contributed by atoms with Gasteiger partial charge in [0, 0.05) is 17.1 Å². The van der Waals surface area contributed by atoms with Crippen molar-refractivity contribution in [2.45, 2.75) is 19.5 Å². The average Bonchev–Trinajstić information content (AvgIpc) is 2.85. The number of hydrogen-bond donors (Lipinski definition) is 1. The molecular weight excluding hydrogens is 355 g/mol. The summed E-state index contributed by atoms with van der Waals surface area (Å²) in [5.41, 5.74) is 0.598. The Morgan fingerprint density at radius 3 is 2.57 bits per heavy atom. The van der Waals surface area contributed by atoms with Gasteiger partial charge in [0.15, 0.2) is 0 Å². The van der Waals surface area contributed by atoms with Gasteiger partial charge in [-0.25, -0.2) is 4.39 Å². The molecule has 1 atom stereocenters. The van der Waals surface area contributed by atoms with Gasteiger partial charge in [0.2, 0.25) is 5.91 Å². The third-order valence-electron chi connectivity index (χ3n) is 3.19. The predicted molar refractivity (Wildman–Crippen MR) is 88.0 cm³/mol. The number of nitrogens with one attached hydrogen (secondary N) is 1. The highest BCUT2D eigenvalue weighted by Crippen LogP contribution is 2.23. The van der Waals surface area contributed by atoms with Gasteiger partial charge >= 0.3 is 0 Å². The number of nitrogens with zero attached hydrogens (tertiary/aromatic N) is 1. The Morgan fingerprint density at radius 2 is 2.00 bits per heavy atom. The van der Waals surface area contributed by atoms with Crippen LogP contribution in [0.3, 0.4) is 0 Å². The number of thiophene rings is 1. The number of rotatable bonds is 5. The summed E-state index contributed by atoms with van der Waals surface area (Å²) in [5.74, 6) is -0.429. The summed E-state index contributed by atoms with van der Waals surface area (Å²) in [6.45, 7) is 2.55. The van der Waals surface area contributed by atoms with E-state index < -0.39 is 0 Å². The molecule has 1 N–H and O–H groups in total. The van der Waals surface area contributed by atoms with Gasteiger partial charge in [-0.1, -0.05) is 0 Å². The Balaban J connectivity index is 1.93. The van der Waals surface area contributed by atoms with Crippen LogP contribution in [0.5, 0.6) is 0 Å². The van der Waals surface area contributed by atoms with Crippen LogP contribution < -0.4 is 5.32 Å². The molecule has 2 aromatic rings. The summed E-state index contributed by atoms with van der Waals surface area (Å²) in [5, 5.41) is 2.79. The Bertz CT molecular complexity index is 614. The SMILES string of the molecule is CC(C(=O)Nc1ccc(F)cc1)N(C)Cc1ccc(Br)s1. The van der Waals surface area contributed by atoms with Gasteiger partial charge in [-0.15, -0.1) is 11.3 Å². The lowest BCUT2D eigenvalue weighted by Crippen LogP contribution is -2.39. The second kappa shape index (κ2) is 7.15. The second-order valence-electron chi connectivity index (χ2n) is 4.79. The second-order valence-corrected chi connectivity index (χ2v) is 7.34. The lowest BCUT2D eigenvalue weighted by atomic mass is 10.2. The van der Waals surface area contributed by atoms with E-state index in [9.17, 15) is 9.18 Å². The van der Waals surface area contributed by atoms with E-state index in [1.165, 1.54) is 17.0 Å². The van der Waals surface area contributed by atoms with E-state index in [4.69, 9.17) is 0 Å². The van der Waals surface area contributed by atoms with Crippen LogP contribution in [0.4, 0.5) is 10.1 Å². The first kappa shape index (κ1) is 16.1. The highest BCUT2D eigenvalue weighted by atomic mass is 79.9. The zero-order chi connectivity index (χ0) is 15.4. The molecule has 0 spiro atoms. The molecule has 21 heavy (non-hydrogen) atoms. The normalized spacial score (nSPS) is 12.4. The van der Waals surface area contributed by atoms with E-state index in [1.54, 1.807) is 23.5 Å². The van der Waals surface area contributed by atoms with E-state index >= 15 is 0 Å². The molecular formula is C15H16BrFN2OS. The molecule has 0 fully saturated rings. The largest absolute Gasteiger partial charge is 0.325 e. The summed E-state index contributed by atoms with van der Waals surface area (Å²) in [6, 6.07) is 9.51. The molecule has 1 unspecified atom stereocenters. The number of amides is 1. The first-order valence-electron chi connectivity index (χ1n) is 6.46. The highest BCUT2D eigenvalue weighted by molar-refractivity contribution is 9.11. The van der Waals surface area contributed by atoms with Crippen molar-refractivity contribution in [3.05, 3.63) is 50.9 Å². The van der Waals surface area contributed by atoms with Crippen LogP contribution in [-0.2, 0) is 11.3 Å². The molecule has 112 valence electrons. The molecule has 2 rings (SSSR count). The van der Waals surface area contributed by atoms with E-state index in [0.29, 0.717) is 12.2 Å². The van der Waals surface area contributed by atoms with Gasteiger partial charge in [0.1, 0.15) is 5.82 Å². The van der Waals surface area contributed by atoms with Crippen molar-refractivity contribution in [1.29, 1.82) is 0 Å². The van der Waals surface area contributed by atoms with Crippen molar-refractivity contribution >= 4 is 38.9 Å². The fourth-order valence-electron chi connectivity index (χ4n) is 1.80. The van der Waals surface area contributed by atoms with Crippen LogP contribution in [-0.4, -0.2) is 23.9 Å². The summed E-state index contributed by atoms with van der Waals surface area (Å²) in [4.78, 5) is 15.3. The monoisotopic (exact) mass is 370 g/mol. The standard InChI is InChI=1S/C15H16BrFN2OS/c1-10(19(2)9-13-7-8-14(16)21-13)15(20)18-12-5-3-11(17)4-6-12/h3-8,10H,9H2,1-2H3,(H,18,20). The Labute approximate surface area is 135 Å². The Kier molecular flexibility index (Phi) is 5.50. The molecule has 1 aromatic carbocycles. The van der Waals surface area contributed by atoms with Crippen LogP contribution >= 0.6 is 27.3 Å². The Hall–Kier alpha value is -1.24. The molecule has 0 saturated heterocycles. The van der Waals surface area contributed by atoms with Crippen molar-refractivity contribution in [1.82, 2.24) is 4.90 Å². The maximum absolute atomic E-state index is 12.8. The third kappa shape index (κ3) is 4.62. The molecule has 1 amide bonds. The van der Waals surface area contributed by atoms with Crippen LogP contribution in [0, 0.1) is 5.82 Å². The summed E-state index contributed by atoms with van der Waals surface area (Å²) < 4.78 is 13.9. The maximum Gasteiger partial charge on any atom is 0.241 e. The van der Waals surface area contributed by atoms with Crippen LogP contribution in [0.2, 0.25) is 0 Å². The van der Waals surface area contributed by atoms with Gasteiger partial charge in [0.25, 0.3) is 0 Å². The molecule has 1 aromatic heterocycles. The first-order chi connectivity index (χ1) is 9.95. The molecule has 0 bridgehead atoms. The van der Waals surface area contributed by atoms with Crippen LogP contribution in [0.1, 0.15) is 11.8 Å². The molecule has 1 heterocycles. The molecule has 0 aliphatic carbocycles. The van der Waals surface area contributed by atoms with Crippen LogP contribution in [0.25, 0.3) is 0 Å². The van der Waals surface area contributed by atoms with E-state index in [2.05, 4.69) is 21.2 Å². The molecule has 0 aliphatic heterocycles. The van der Waals surface area contributed by atoms with Crippen molar-refractivity contribution in [2.75, 3.05) is 12.4 Å².